The normalized spacial score (nSPS) is 11.6. The van der Waals surface area contributed by atoms with Crippen LogP contribution in [0, 0.1) is 27.7 Å². The summed E-state index contributed by atoms with van der Waals surface area (Å²) in [5, 5.41) is 9.44. The predicted molar refractivity (Wildman–Crippen MR) is 151 cm³/mol. The highest BCUT2D eigenvalue weighted by molar-refractivity contribution is 7.07. The maximum absolute atomic E-state index is 12.9. The van der Waals surface area contributed by atoms with Crippen molar-refractivity contribution in [2.24, 2.45) is 4.99 Å². The number of amides is 2. The number of urea groups is 1. The molecule has 0 aliphatic heterocycles. The number of hydrogen-bond acceptors (Lipinski definition) is 5. The number of nitrogens with zero attached hydrogens (tertiary/aromatic N) is 5. The van der Waals surface area contributed by atoms with Crippen LogP contribution in [0.1, 0.15) is 22.4 Å². The van der Waals surface area contributed by atoms with Gasteiger partial charge in [0.25, 0.3) is 0 Å². The summed E-state index contributed by atoms with van der Waals surface area (Å²) in [6.45, 7) is 8.10. The van der Waals surface area contributed by atoms with Crippen LogP contribution in [-0.2, 0) is 0 Å². The van der Waals surface area contributed by atoms with E-state index in [-0.39, 0.29) is 0 Å². The Morgan fingerprint density at radius 1 is 0.974 bits per heavy atom. The van der Waals surface area contributed by atoms with Gasteiger partial charge < -0.3 is 10.1 Å². The van der Waals surface area contributed by atoms with Gasteiger partial charge in [0.2, 0.25) is 0 Å². The SMILES string of the molecule is COc1cc(C)c(-n2c(C)csc2=NC(=O)Nc2ccc(-c3ncn(-c4ccc(C)cc4)n3)cc2)c(C)c1. The van der Waals surface area contributed by atoms with Crippen molar-refractivity contribution in [2.75, 3.05) is 12.4 Å². The number of methoxy groups -OCH3 is 1. The number of thiazole rings is 1. The number of aromatic nitrogens is 4. The molecule has 2 aromatic heterocycles. The molecule has 0 radical (unpaired) electrons. The number of anilines is 1. The first-order valence-electron chi connectivity index (χ1n) is 12.1. The van der Waals surface area contributed by atoms with Crippen molar-refractivity contribution >= 4 is 23.1 Å². The lowest BCUT2D eigenvalue weighted by atomic mass is 10.1. The molecule has 0 saturated heterocycles. The summed E-state index contributed by atoms with van der Waals surface area (Å²) in [4.78, 5) is 22.3. The largest absolute Gasteiger partial charge is 0.497 e. The zero-order valence-corrected chi connectivity index (χ0v) is 22.7. The molecule has 0 saturated carbocycles. The molecule has 0 bridgehead atoms. The smallest absolute Gasteiger partial charge is 0.348 e. The molecule has 5 aromatic rings. The van der Waals surface area contributed by atoms with Crippen LogP contribution >= 0.6 is 11.3 Å². The number of aryl methyl sites for hydroxylation is 4. The fourth-order valence-corrected chi connectivity index (χ4v) is 5.15. The molecule has 38 heavy (non-hydrogen) atoms. The average molecular weight is 525 g/mol. The third kappa shape index (κ3) is 5.14. The molecule has 0 aliphatic rings. The molecule has 1 N–H and O–H groups in total. The van der Waals surface area contributed by atoms with Crippen LogP contribution in [0.3, 0.4) is 0 Å². The monoisotopic (exact) mass is 524 g/mol. The first-order chi connectivity index (χ1) is 18.3. The molecule has 9 heteroatoms. The van der Waals surface area contributed by atoms with Crippen molar-refractivity contribution < 1.29 is 9.53 Å². The van der Waals surface area contributed by atoms with Crippen LogP contribution in [0.2, 0.25) is 0 Å². The summed E-state index contributed by atoms with van der Waals surface area (Å²) in [5.74, 6) is 1.41. The van der Waals surface area contributed by atoms with Crippen LogP contribution in [0.25, 0.3) is 22.8 Å². The first kappa shape index (κ1) is 25.2. The van der Waals surface area contributed by atoms with Gasteiger partial charge in [0, 0.05) is 22.3 Å². The molecule has 2 heterocycles. The van der Waals surface area contributed by atoms with Gasteiger partial charge >= 0.3 is 6.03 Å². The lowest BCUT2D eigenvalue weighted by Gasteiger charge is -2.15. The van der Waals surface area contributed by atoms with Crippen LogP contribution in [0.15, 0.2) is 77.4 Å². The van der Waals surface area contributed by atoms with Crippen molar-refractivity contribution in [3.63, 3.8) is 0 Å². The van der Waals surface area contributed by atoms with E-state index in [0.29, 0.717) is 16.3 Å². The minimum absolute atomic E-state index is 0.445. The van der Waals surface area contributed by atoms with E-state index < -0.39 is 6.03 Å². The third-order valence-corrected chi connectivity index (χ3v) is 7.13. The van der Waals surface area contributed by atoms with Gasteiger partial charge in [-0.05, 0) is 87.4 Å². The van der Waals surface area contributed by atoms with Crippen molar-refractivity contribution in [1.82, 2.24) is 19.3 Å². The van der Waals surface area contributed by atoms with Gasteiger partial charge in [-0.25, -0.2) is 14.5 Å². The number of carbonyl (C=O) groups excluding carboxylic acids is 1. The summed E-state index contributed by atoms with van der Waals surface area (Å²) in [5.41, 5.74) is 7.70. The Hall–Kier alpha value is -4.50. The molecular weight excluding hydrogens is 496 g/mol. The molecule has 3 aromatic carbocycles. The molecular formula is C29H28N6O2S. The predicted octanol–water partition coefficient (Wildman–Crippen LogP) is 6.16. The van der Waals surface area contributed by atoms with Gasteiger partial charge in [0.05, 0.1) is 18.5 Å². The van der Waals surface area contributed by atoms with Crippen molar-refractivity contribution in [1.29, 1.82) is 0 Å². The summed E-state index contributed by atoms with van der Waals surface area (Å²) in [7, 11) is 1.66. The molecule has 0 spiro atoms. The number of nitrogens with one attached hydrogen (secondary N) is 1. The Morgan fingerprint density at radius 2 is 1.66 bits per heavy atom. The molecule has 0 atom stereocenters. The molecule has 2 amide bonds. The van der Waals surface area contributed by atoms with E-state index in [2.05, 4.69) is 20.4 Å². The molecule has 5 rings (SSSR count). The highest BCUT2D eigenvalue weighted by Crippen LogP contribution is 2.26. The molecule has 0 fully saturated rings. The molecule has 0 aliphatic carbocycles. The van der Waals surface area contributed by atoms with Crippen molar-refractivity contribution in [2.45, 2.75) is 27.7 Å². The highest BCUT2D eigenvalue weighted by Gasteiger charge is 2.13. The zero-order chi connectivity index (χ0) is 26.8. The number of rotatable bonds is 5. The lowest BCUT2D eigenvalue weighted by molar-refractivity contribution is 0.259. The van der Waals surface area contributed by atoms with Crippen LogP contribution < -0.4 is 14.9 Å². The second kappa shape index (κ2) is 10.5. The number of benzene rings is 3. The second-order valence-electron chi connectivity index (χ2n) is 9.07. The van der Waals surface area contributed by atoms with Gasteiger partial charge in [0.1, 0.15) is 12.1 Å². The second-order valence-corrected chi connectivity index (χ2v) is 9.91. The average Bonchev–Trinajstić information content (AvgIpc) is 3.52. The Bertz CT molecular complexity index is 1650. The van der Waals surface area contributed by atoms with Gasteiger partial charge in [-0.15, -0.1) is 16.4 Å². The summed E-state index contributed by atoms with van der Waals surface area (Å²) in [6, 6.07) is 19.0. The van der Waals surface area contributed by atoms with Crippen LogP contribution in [-0.4, -0.2) is 32.5 Å². The van der Waals surface area contributed by atoms with Crippen LogP contribution in [0.4, 0.5) is 10.5 Å². The number of ether oxygens (including phenoxy) is 1. The Labute approximate surface area is 224 Å². The molecule has 8 nitrogen and oxygen atoms in total. The summed E-state index contributed by atoms with van der Waals surface area (Å²) >= 11 is 1.42. The van der Waals surface area contributed by atoms with E-state index in [1.165, 1.54) is 16.9 Å². The Morgan fingerprint density at radius 3 is 2.32 bits per heavy atom. The van der Waals surface area contributed by atoms with E-state index in [9.17, 15) is 4.79 Å². The van der Waals surface area contributed by atoms with Gasteiger partial charge in [-0.3, -0.25) is 4.57 Å². The zero-order valence-electron chi connectivity index (χ0n) is 21.9. The molecule has 0 unspecified atom stereocenters. The van der Waals surface area contributed by atoms with E-state index in [1.54, 1.807) is 18.1 Å². The van der Waals surface area contributed by atoms with Gasteiger partial charge in [-0.1, -0.05) is 17.7 Å². The Kier molecular flexibility index (Phi) is 6.93. The first-order valence-corrected chi connectivity index (χ1v) is 13.0. The number of carbonyl (C=O) groups is 1. The number of hydrogen-bond donors (Lipinski definition) is 1. The van der Waals surface area contributed by atoms with Gasteiger partial charge in [0.15, 0.2) is 10.6 Å². The highest BCUT2D eigenvalue weighted by atomic mass is 32.1. The maximum atomic E-state index is 12.9. The Balaban J connectivity index is 1.35. The fraction of sp³-hybridized carbons (Fsp3) is 0.172. The van der Waals surface area contributed by atoms with E-state index in [1.807, 2.05) is 98.3 Å². The summed E-state index contributed by atoms with van der Waals surface area (Å²) in [6.07, 6.45) is 1.69. The van der Waals surface area contributed by atoms with E-state index >= 15 is 0 Å². The quantitative estimate of drug-likeness (QED) is 0.298. The van der Waals surface area contributed by atoms with Crippen molar-refractivity contribution in [3.05, 3.63) is 99.6 Å². The van der Waals surface area contributed by atoms with E-state index in [0.717, 1.165) is 39.5 Å². The van der Waals surface area contributed by atoms with Crippen LogP contribution in [0.5, 0.6) is 5.75 Å². The minimum Gasteiger partial charge on any atom is -0.497 e. The fourth-order valence-electron chi connectivity index (χ4n) is 4.29. The van der Waals surface area contributed by atoms with Crippen molar-refractivity contribution in [3.8, 4) is 28.5 Å². The van der Waals surface area contributed by atoms with Gasteiger partial charge in [-0.2, -0.15) is 4.99 Å². The molecule has 192 valence electrons. The van der Waals surface area contributed by atoms with E-state index in [4.69, 9.17) is 4.74 Å². The topological polar surface area (TPSA) is 86.3 Å². The third-order valence-electron chi connectivity index (χ3n) is 6.18. The standard InChI is InChI=1S/C29H28N6O2S/c1-18-6-12-24(13-7-18)34-17-30-27(33-34)22-8-10-23(11-9-22)31-28(36)32-29-35(21(4)16-38-29)26-19(2)14-25(37-5)15-20(26)3/h6-17H,1-5H3,(H,31,36). The lowest BCUT2D eigenvalue weighted by Crippen LogP contribution is -2.20. The summed E-state index contributed by atoms with van der Waals surface area (Å²) < 4.78 is 9.15. The maximum Gasteiger partial charge on any atom is 0.348 e. The minimum atomic E-state index is -0.445.